The lowest BCUT2D eigenvalue weighted by Crippen LogP contribution is -2.17. The smallest absolute Gasteiger partial charge is 0.343 e. The van der Waals surface area contributed by atoms with Crippen molar-refractivity contribution in [2.24, 2.45) is 0 Å². The Bertz CT molecular complexity index is 1000. The van der Waals surface area contributed by atoms with Gasteiger partial charge in [-0.3, -0.25) is 4.79 Å². The van der Waals surface area contributed by atoms with Crippen LogP contribution in [-0.2, 0) is 9.53 Å². The fourth-order valence-corrected chi connectivity index (χ4v) is 2.55. The second-order valence-corrected chi connectivity index (χ2v) is 5.68. The second-order valence-electron chi connectivity index (χ2n) is 5.68. The number of ether oxygens (including phenoxy) is 3. The van der Waals surface area contributed by atoms with Crippen molar-refractivity contribution in [2.45, 2.75) is 6.92 Å². The molecule has 3 rings (SSSR count). The van der Waals surface area contributed by atoms with Crippen LogP contribution >= 0.6 is 0 Å². The third-order valence-electron chi connectivity index (χ3n) is 3.92. The van der Waals surface area contributed by atoms with E-state index >= 15 is 0 Å². The number of aryl methyl sites for hydroxylation is 1. The first-order valence-corrected chi connectivity index (χ1v) is 7.95. The fourth-order valence-electron chi connectivity index (χ4n) is 2.55. The van der Waals surface area contributed by atoms with Crippen LogP contribution in [0.3, 0.4) is 0 Å². The van der Waals surface area contributed by atoms with Crippen molar-refractivity contribution >= 4 is 16.9 Å². The summed E-state index contributed by atoms with van der Waals surface area (Å²) >= 11 is 0. The van der Waals surface area contributed by atoms with Crippen LogP contribution < -0.4 is 14.9 Å². The van der Waals surface area contributed by atoms with Crippen molar-refractivity contribution in [3.05, 3.63) is 58.3 Å². The van der Waals surface area contributed by atoms with E-state index in [0.29, 0.717) is 22.3 Å². The monoisotopic (exact) mass is 354 g/mol. The van der Waals surface area contributed by atoms with Crippen LogP contribution in [0.15, 0.2) is 51.7 Å². The van der Waals surface area contributed by atoms with Crippen LogP contribution in [0.4, 0.5) is 0 Å². The maximum atomic E-state index is 12.9. The Morgan fingerprint density at radius 3 is 2.46 bits per heavy atom. The van der Waals surface area contributed by atoms with Crippen LogP contribution in [-0.4, -0.2) is 26.8 Å². The Labute approximate surface area is 149 Å². The Balaban J connectivity index is 2.19. The van der Waals surface area contributed by atoms with Crippen LogP contribution in [0, 0.1) is 6.92 Å². The molecule has 0 amide bonds. The molecule has 0 saturated carbocycles. The summed E-state index contributed by atoms with van der Waals surface area (Å²) in [5.41, 5.74) is 1.65. The number of carbonyl (C=O) groups excluding carboxylic acids is 1. The molecule has 2 aromatic carbocycles. The molecule has 0 radical (unpaired) electrons. The minimum atomic E-state index is -0.588. The number of esters is 1. The molecule has 6 nitrogen and oxygen atoms in total. The first kappa shape index (κ1) is 17.5. The summed E-state index contributed by atoms with van der Waals surface area (Å²) in [5.74, 6) is 0.301. The van der Waals surface area contributed by atoms with E-state index in [1.165, 1.54) is 7.11 Å². The minimum absolute atomic E-state index is 0.0290. The Morgan fingerprint density at radius 2 is 1.81 bits per heavy atom. The van der Waals surface area contributed by atoms with Gasteiger partial charge in [-0.25, -0.2) is 4.79 Å². The molecule has 0 aliphatic heterocycles. The lowest BCUT2D eigenvalue weighted by Gasteiger charge is -2.11. The number of methoxy groups -OCH3 is 2. The quantitative estimate of drug-likeness (QED) is 0.654. The van der Waals surface area contributed by atoms with E-state index < -0.39 is 5.97 Å². The van der Waals surface area contributed by atoms with Gasteiger partial charge in [-0.05, 0) is 43.3 Å². The molecule has 0 bridgehead atoms. The number of carbonyl (C=O) groups is 1. The number of rotatable bonds is 5. The third-order valence-corrected chi connectivity index (χ3v) is 3.92. The molecule has 0 fully saturated rings. The van der Waals surface area contributed by atoms with Gasteiger partial charge in [0.05, 0.1) is 19.6 Å². The summed E-state index contributed by atoms with van der Waals surface area (Å²) in [6, 6.07) is 12.3. The molecule has 0 saturated heterocycles. The van der Waals surface area contributed by atoms with Crippen molar-refractivity contribution in [3.8, 4) is 22.8 Å². The highest BCUT2D eigenvalue weighted by Crippen LogP contribution is 2.32. The molecule has 0 atom stereocenters. The SMILES string of the molecule is COC(=O)COc1c(-c2ccc(OC)cc2)oc2ccc(C)cc2c1=O. The standard InChI is InChI=1S/C20H18O6/c1-12-4-9-16-15(10-12)18(22)20(25-11-17(21)24-3)19(26-16)13-5-7-14(23-2)8-6-13/h4-10H,11H2,1-3H3. The molecule has 0 aliphatic rings. The Hall–Kier alpha value is -3.28. The van der Waals surface area contributed by atoms with Gasteiger partial charge in [0.15, 0.2) is 12.4 Å². The van der Waals surface area contributed by atoms with Gasteiger partial charge in [-0.2, -0.15) is 0 Å². The van der Waals surface area contributed by atoms with Crippen LogP contribution in [0.25, 0.3) is 22.3 Å². The van der Waals surface area contributed by atoms with Crippen LogP contribution in [0.1, 0.15) is 5.56 Å². The zero-order chi connectivity index (χ0) is 18.7. The highest BCUT2D eigenvalue weighted by Gasteiger charge is 2.19. The van der Waals surface area contributed by atoms with Gasteiger partial charge in [-0.1, -0.05) is 11.6 Å². The zero-order valence-electron chi connectivity index (χ0n) is 14.7. The van der Waals surface area contributed by atoms with Crippen molar-refractivity contribution in [1.29, 1.82) is 0 Å². The molecule has 3 aromatic rings. The summed E-state index contributed by atoms with van der Waals surface area (Å²) in [4.78, 5) is 24.4. The van der Waals surface area contributed by atoms with Gasteiger partial charge in [0.1, 0.15) is 11.3 Å². The summed E-state index contributed by atoms with van der Waals surface area (Å²) < 4.78 is 21.1. The molecule has 1 heterocycles. The summed E-state index contributed by atoms with van der Waals surface area (Å²) in [6.07, 6.45) is 0. The Morgan fingerprint density at radius 1 is 1.08 bits per heavy atom. The largest absolute Gasteiger partial charge is 0.497 e. The Kier molecular flexibility index (Phi) is 4.93. The molecule has 0 aliphatic carbocycles. The van der Waals surface area contributed by atoms with Gasteiger partial charge >= 0.3 is 5.97 Å². The first-order valence-electron chi connectivity index (χ1n) is 7.95. The predicted octanol–water partition coefficient (Wildman–Crippen LogP) is 3.33. The van der Waals surface area contributed by atoms with E-state index in [9.17, 15) is 9.59 Å². The lowest BCUT2D eigenvalue weighted by atomic mass is 10.1. The fraction of sp³-hybridized carbons (Fsp3) is 0.200. The first-order chi connectivity index (χ1) is 12.5. The molecular weight excluding hydrogens is 336 g/mol. The van der Waals surface area contributed by atoms with Gasteiger partial charge < -0.3 is 18.6 Å². The molecule has 26 heavy (non-hydrogen) atoms. The van der Waals surface area contributed by atoms with Crippen molar-refractivity contribution in [3.63, 3.8) is 0 Å². The van der Waals surface area contributed by atoms with E-state index in [0.717, 1.165) is 5.56 Å². The minimum Gasteiger partial charge on any atom is -0.497 e. The summed E-state index contributed by atoms with van der Waals surface area (Å²) in [7, 11) is 2.82. The van der Waals surface area contributed by atoms with Gasteiger partial charge in [0.2, 0.25) is 11.2 Å². The van der Waals surface area contributed by atoms with E-state index in [1.807, 2.05) is 13.0 Å². The third kappa shape index (κ3) is 3.39. The highest BCUT2D eigenvalue weighted by molar-refractivity contribution is 5.83. The molecule has 0 unspecified atom stereocenters. The second kappa shape index (κ2) is 7.31. The van der Waals surface area contributed by atoms with Crippen molar-refractivity contribution < 1.29 is 23.4 Å². The van der Waals surface area contributed by atoms with Crippen LogP contribution in [0.5, 0.6) is 11.5 Å². The zero-order valence-corrected chi connectivity index (χ0v) is 14.7. The van der Waals surface area contributed by atoms with Gasteiger partial charge in [0, 0.05) is 5.56 Å². The molecular formula is C20H18O6. The van der Waals surface area contributed by atoms with Crippen LogP contribution in [0.2, 0.25) is 0 Å². The van der Waals surface area contributed by atoms with Crippen molar-refractivity contribution in [1.82, 2.24) is 0 Å². The summed E-state index contributed by atoms with van der Waals surface area (Å²) in [6.45, 7) is 1.49. The highest BCUT2D eigenvalue weighted by atomic mass is 16.6. The average Bonchev–Trinajstić information content (AvgIpc) is 2.67. The number of hydrogen-bond acceptors (Lipinski definition) is 6. The maximum Gasteiger partial charge on any atom is 0.343 e. The van der Waals surface area contributed by atoms with E-state index in [2.05, 4.69) is 4.74 Å². The summed E-state index contributed by atoms with van der Waals surface area (Å²) in [5, 5.41) is 0.391. The van der Waals surface area contributed by atoms with Gasteiger partial charge in [0.25, 0.3) is 0 Å². The molecule has 0 N–H and O–H groups in total. The number of benzene rings is 2. The number of fused-ring (bicyclic) bond motifs is 1. The van der Waals surface area contributed by atoms with E-state index in [-0.39, 0.29) is 23.5 Å². The maximum absolute atomic E-state index is 12.9. The molecule has 1 aromatic heterocycles. The lowest BCUT2D eigenvalue weighted by molar-refractivity contribution is -0.142. The topological polar surface area (TPSA) is 75.0 Å². The number of hydrogen-bond donors (Lipinski definition) is 0. The normalized spacial score (nSPS) is 10.6. The molecule has 6 heteroatoms. The molecule has 0 spiro atoms. The van der Waals surface area contributed by atoms with E-state index in [4.69, 9.17) is 13.9 Å². The van der Waals surface area contributed by atoms with Gasteiger partial charge in [-0.15, -0.1) is 0 Å². The van der Waals surface area contributed by atoms with Crippen molar-refractivity contribution in [2.75, 3.05) is 20.8 Å². The predicted molar refractivity (Wildman–Crippen MR) is 96.7 cm³/mol. The van der Waals surface area contributed by atoms with E-state index in [1.54, 1.807) is 43.5 Å². The average molecular weight is 354 g/mol. The molecule has 134 valence electrons.